The van der Waals surface area contributed by atoms with Gasteiger partial charge in [-0.1, -0.05) is 25.7 Å². The van der Waals surface area contributed by atoms with Crippen molar-refractivity contribution >= 4 is 11.9 Å². The topological polar surface area (TPSA) is 69.2 Å². The summed E-state index contributed by atoms with van der Waals surface area (Å²) in [5.41, 5.74) is 0.356. The first-order valence-corrected chi connectivity index (χ1v) is 12.7. The molecule has 1 heterocycles. The predicted molar refractivity (Wildman–Crippen MR) is 126 cm³/mol. The Labute approximate surface area is 189 Å². The summed E-state index contributed by atoms with van der Waals surface area (Å²) in [5, 5.41) is 7.07. The van der Waals surface area contributed by atoms with Gasteiger partial charge in [-0.15, -0.1) is 0 Å². The van der Waals surface area contributed by atoms with Gasteiger partial charge in [0.15, 0.2) is 5.96 Å². The quantitative estimate of drug-likeness (QED) is 0.313. The molecule has 0 bridgehead atoms. The lowest BCUT2D eigenvalue weighted by Gasteiger charge is -2.36. The molecule has 0 spiro atoms. The maximum Gasteiger partial charge on any atom is 0.225 e. The number of carbonyl (C=O) groups excluding carboxylic acids is 1. The number of rotatable bonds is 10. The molecule has 0 radical (unpaired) electrons. The van der Waals surface area contributed by atoms with Crippen LogP contribution in [0.4, 0.5) is 0 Å². The first-order valence-electron chi connectivity index (χ1n) is 12.7. The van der Waals surface area contributed by atoms with Gasteiger partial charge in [0.2, 0.25) is 5.91 Å². The van der Waals surface area contributed by atoms with Crippen molar-refractivity contribution in [2.24, 2.45) is 16.3 Å². The number of hydrogen-bond donors (Lipinski definition) is 2. The molecule has 1 aliphatic heterocycles. The van der Waals surface area contributed by atoms with E-state index >= 15 is 0 Å². The molecule has 31 heavy (non-hydrogen) atoms. The van der Waals surface area contributed by atoms with Crippen LogP contribution in [0.5, 0.6) is 0 Å². The third-order valence-electron chi connectivity index (χ3n) is 7.61. The Balaban J connectivity index is 1.32. The number of guanidine groups is 1. The lowest BCUT2D eigenvalue weighted by atomic mass is 9.83. The van der Waals surface area contributed by atoms with E-state index < -0.39 is 0 Å². The first kappa shape index (κ1) is 24.3. The monoisotopic (exact) mass is 435 g/mol. The molecule has 2 saturated carbocycles. The Morgan fingerprint density at radius 1 is 1.06 bits per heavy atom. The Morgan fingerprint density at radius 2 is 1.77 bits per heavy atom. The van der Waals surface area contributed by atoms with E-state index in [1.165, 1.54) is 38.5 Å². The van der Waals surface area contributed by atoms with Gasteiger partial charge in [0, 0.05) is 72.0 Å². The number of piperazine rings is 1. The minimum absolute atomic E-state index is 0.305. The van der Waals surface area contributed by atoms with Crippen LogP contribution in [0, 0.1) is 11.3 Å². The Hall–Kier alpha value is -1.34. The van der Waals surface area contributed by atoms with E-state index in [-0.39, 0.29) is 0 Å². The van der Waals surface area contributed by atoms with Crippen molar-refractivity contribution in [1.29, 1.82) is 0 Å². The molecule has 7 heteroatoms. The summed E-state index contributed by atoms with van der Waals surface area (Å²) in [6.07, 6.45) is 11.0. The molecule has 3 aliphatic rings. The van der Waals surface area contributed by atoms with Gasteiger partial charge >= 0.3 is 0 Å². The van der Waals surface area contributed by atoms with Gasteiger partial charge in [-0.05, 0) is 44.4 Å². The van der Waals surface area contributed by atoms with E-state index in [9.17, 15) is 4.79 Å². The normalized spacial score (nSPS) is 22.8. The van der Waals surface area contributed by atoms with E-state index in [0.717, 1.165) is 84.2 Å². The summed E-state index contributed by atoms with van der Waals surface area (Å²) >= 11 is 0. The summed E-state index contributed by atoms with van der Waals surface area (Å²) in [6.45, 7) is 10.3. The molecule has 0 aromatic rings. The maximum absolute atomic E-state index is 12.6. The van der Waals surface area contributed by atoms with Crippen LogP contribution in [0.3, 0.4) is 0 Å². The van der Waals surface area contributed by atoms with Gasteiger partial charge < -0.3 is 20.3 Å². The minimum Gasteiger partial charge on any atom is -0.382 e. The van der Waals surface area contributed by atoms with E-state index in [1.54, 1.807) is 0 Å². The number of hydrogen-bond acceptors (Lipinski definition) is 4. The third kappa shape index (κ3) is 7.35. The van der Waals surface area contributed by atoms with Crippen LogP contribution in [0.2, 0.25) is 0 Å². The highest BCUT2D eigenvalue weighted by Gasteiger charge is 2.33. The Kier molecular flexibility index (Phi) is 9.91. The lowest BCUT2D eigenvalue weighted by molar-refractivity contribution is -0.137. The summed E-state index contributed by atoms with van der Waals surface area (Å²) in [6, 6.07) is 0. The Bertz CT molecular complexity index is 562. The molecule has 0 aromatic heterocycles. The fourth-order valence-electron chi connectivity index (χ4n) is 5.52. The van der Waals surface area contributed by atoms with E-state index in [2.05, 4.69) is 32.3 Å². The fraction of sp³-hybridized carbons (Fsp3) is 0.917. The molecular weight excluding hydrogens is 390 g/mol. The van der Waals surface area contributed by atoms with E-state index in [0.29, 0.717) is 17.2 Å². The molecule has 0 atom stereocenters. The van der Waals surface area contributed by atoms with Crippen molar-refractivity contribution in [3.05, 3.63) is 0 Å². The third-order valence-corrected chi connectivity index (χ3v) is 7.61. The number of nitrogens with zero attached hydrogens (tertiary/aromatic N) is 3. The van der Waals surface area contributed by atoms with Crippen LogP contribution < -0.4 is 10.6 Å². The summed E-state index contributed by atoms with van der Waals surface area (Å²) < 4.78 is 5.63. The highest BCUT2D eigenvalue weighted by Crippen LogP contribution is 2.40. The van der Waals surface area contributed by atoms with Gasteiger partial charge in [0.1, 0.15) is 0 Å². The van der Waals surface area contributed by atoms with Crippen molar-refractivity contribution in [2.45, 2.75) is 64.7 Å². The maximum atomic E-state index is 12.6. The van der Waals surface area contributed by atoms with Gasteiger partial charge in [0.05, 0.1) is 0 Å². The Morgan fingerprint density at radius 3 is 2.42 bits per heavy atom. The van der Waals surface area contributed by atoms with Crippen LogP contribution in [-0.2, 0) is 9.53 Å². The molecule has 2 N–H and O–H groups in total. The molecule has 0 unspecified atom stereocenters. The zero-order valence-corrected chi connectivity index (χ0v) is 20.0. The molecule has 2 aliphatic carbocycles. The average molecular weight is 436 g/mol. The summed E-state index contributed by atoms with van der Waals surface area (Å²) in [4.78, 5) is 21.6. The van der Waals surface area contributed by atoms with Crippen LogP contribution in [0.15, 0.2) is 4.99 Å². The second-order valence-corrected chi connectivity index (χ2v) is 9.65. The highest BCUT2D eigenvalue weighted by atomic mass is 16.5. The largest absolute Gasteiger partial charge is 0.382 e. The van der Waals surface area contributed by atoms with Gasteiger partial charge in [-0.25, -0.2) is 0 Å². The smallest absolute Gasteiger partial charge is 0.225 e. The molecule has 3 rings (SSSR count). The molecule has 1 amide bonds. The molecule has 7 nitrogen and oxygen atoms in total. The SMILES string of the molecule is CCOCCC1(CNC(=NC)NCCN2CCN(C(=O)C3CCCC3)CC2)CCCC1. The van der Waals surface area contributed by atoms with Gasteiger partial charge in [0.25, 0.3) is 0 Å². The van der Waals surface area contributed by atoms with Crippen molar-refractivity contribution in [3.8, 4) is 0 Å². The molecule has 178 valence electrons. The van der Waals surface area contributed by atoms with Gasteiger partial charge in [-0.2, -0.15) is 0 Å². The second kappa shape index (κ2) is 12.6. The zero-order valence-electron chi connectivity index (χ0n) is 20.0. The molecule has 1 saturated heterocycles. The standard InChI is InChI=1S/C24H45N5O2/c1-3-31-19-12-24(10-6-7-11-24)20-27-23(25-2)26-13-14-28-15-17-29(18-16-28)22(30)21-8-4-5-9-21/h21H,3-20H2,1-2H3,(H2,25,26,27). The van der Waals surface area contributed by atoms with Crippen molar-refractivity contribution in [3.63, 3.8) is 0 Å². The fourth-order valence-corrected chi connectivity index (χ4v) is 5.52. The number of amides is 1. The zero-order chi connectivity index (χ0) is 21.9. The summed E-state index contributed by atoms with van der Waals surface area (Å²) in [7, 11) is 1.85. The molecule has 3 fully saturated rings. The van der Waals surface area contributed by atoms with E-state index in [4.69, 9.17) is 4.74 Å². The van der Waals surface area contributed by atoms with Crippen LogP contribution >= 0.6 is 0 Å². The minimum atomic E-state index is 0.305. The number of nitrogens with one attached hydrogen (secondary N) is 2. The van der Waals surface area contributed by atoms with Crippen LogP contribution in [0.1, 0.15) is 64.7 Å². The predicted octanol–water partition coefficient (Wildman–Crippen LogP) is 2.47. The lowest BCUT2D eigenvalue weighted by Crippen LogP contribution is -2.52. The van der Waals surface area contributed by atoms with E-state index in [1.807, 2.05) is 7.05 Å². The van der Waals surface area contributed by atoms with Gasteiger partial charge in [-0.3, -0.25) is 14.7 Å². The van der Waals surface area contributed by atoms with Crippen LogP contribution in [0.25, 0.3) is 0 Å². The number of aliphatic imine (C=N–C) groups is 1. The average Bonchev–Trinajstić information content (AvgIpc) is 3.49. The number of carbonyl (C=O) groups is 1. The van der Waals surface area contributed by atoms with Crippen molar-refractivity contribution < 1.29 is 9.53 Å². The molecule has 0 aromatic carbocycles. The highest BCUT2D eigenvalue weighted by molar-refractivity contribution is 5.80. The number of ether oxygens (including phenoxy) is 1. The van der Waals surface area contributed by atoms with Crippen LogP contribution in [-0.4, -0.2) is 87.7 Å². The second-order valence-electron chi connectivity index (χ2n) is 9.65. The van der Waals surface area contributed by atoms with Crippen molar-refractivity contribution in [1.82, 2.24) is 20.4 Å². The summed E-state index contributed by atoms with van der Waals surface area (Å²) in [5.74, 6) is 1.61. The van der Waals surface area contributed by atoms with Crippen molar-refractivity contribution in [2.75, 3.05) is 66.1 Å². The first-order chi connectivity index (χ1) is 15.2. The molecular formula is C24H45N5O2.